The smallest absolute Gasteiger partial charge is 0.259 e. The Kier molecular flexibility index (Phi) is 5.82. The summed E-state index contributed by atoms with van der Waals surface area (Å²) in [5, 5.41) is 17.0. The SMILES string of the molecule is COc1ccc(O)c(/C=N/NC(=O)CNc2cccc(Cl)c2)c1. The van der Waals surface area contributed by atoms with Gasteiger partial charge in [-0.1, -0.05) is 17.7 Å². The van der Waals surface area contributed by atoms with Crippen molar-refractivity contribution in [3.8, 4) is 11.5 Å². The number of aromatic hydroxyl groups is 1. The maximum atomic E-state index is 11.7. The van der Waals surface area contributed by atoms with Crippen LogP contribution >= 0.6 is 11.6 Å². The Morgan fingerprint density at radius 1 is 1.35 bits per heavy atom. The summed E-state index contributed by atoms with van der Waals surface area (Å²) in [5.41, 5.74) is 3.54. The normalized spacial score (nSPS) is 10.5. The number of methoxy groups -OCH3 is 1. The molecule has 23 heavy (non-hydrogen) atoms. The lowest BCUT2D eigenvalue weighted by Crippen LogP contribution is -2.25. The predicted octanol–water partition coefficient (Wildman–Crippen LogP) is 2.62. The van der Waals surface area contributed by atoms with Crippen molar-refractivity contribution >= 4 is 29.4 Å². The molecular weight excluding hydrogens is 318 g/mol. The minimum atomic E-state index is -0.330. The third-order valence-electron chi connectivity index (χ3n) is 2.91. The van der Waals surface area contributed by atoms with E-state index in [0.717, 1.165) is 5.69 Å². The minimum Gasteiger partial charge on any atom is -0.507 e. The van der Waals surface area contributed by atoms with E-state index in [-0.39, 0.29) is 18.2 Å². The number of hydrazone groups is 1. The number of rotatable bonds is 6. The lowest BCUT2D eigenvalue weighted by Gasteiger charge is -2.05. The van der Waals surface area contributed by atoms with Gasteiger partial charge in [-0.15, -0.1) is 0 Å². The molecule has 1 amide bonds. The largest absolute Gasteiger partial charge is 0.507 e. The number of carbonyl (C=O) groups is 1. The van der Waals surface area contributed by atoms with Crippen molar-refractivity contribution < 1.29 is 14.6 Å². The molecule has 0 saturated heterocycles. The first kappa shape index (κ1) is 16.6. The second-order valence-electron chi connectivity index (χ2n) is 4.58. The molecule has 0 spiro atoms. The van der Waals surface area contributed by atoms with Gasteiger partial charge in [-0.25, -0.2) is 5.43 Å². The number of anilines is 1. The van der Waals surface area contributed by atoms with Crippen LogP contribution in [0.3, 0.4) is 0 Å². The Balaban J connectivity index is 1.86. The lowest BCUT2D eigenvalue weighted by atomic mass is 10.2. The molecule has 2 aromatic rings. The number of nitrogens with one attached hydrogen (secondary N) is 2. The van der Waals surface area contributed by atoms with Crippen LogP contribution in [-0.4, -0.2) is 30.9 Å². The fourth-order valence-electron chi connectivity index (χ4n) is 1.76. The van der Waals surface area contributed by atoms with Crippen molar-refractivity contribution in [3.05, 3.63) is 53.1 Å². The summed E-state index contributed by atoms with van der Waals surface area (Å²) in [7, 11) is 1.52. The van der Waals surface area contributed by atoms with Crippen molar-refractivity contribution in [2.24, 2.45) is 5.10 Å². The second kappa shape index (κ2) is 8.05. The number of ether oxygens (including phenoxy) is 1. The van der Waals surface area contributed by atoms with Gasteiger partial charge in [-0.3, -0.25) is 4.79 Å². The summed E-state index contributed by atoms with van der Waals surface area (Å²) in [6.45, 7) is 0.0434. The Morgan fingerprint density at radius 2 is 2.17 bits per heavy atom. The van der Waals surface area contributed by atoms with E-state index in [2.05, 4.69) is 15.8 Å². The van der Waals surface area contributed by atoms with E-state index >= 15 is 0 Å². The van der Waals surface area contributed by atoms with Crippen molar-refractivity contribution in [2.75, 3.05) is 19.0 Å². The molecule has 0 aliphatic rings. The molecular formula is C16H16ClN3O3. The highest BCUT2D eigenvalue weighted by Gasteiger charge is 2.02. The Hall–Kier alpha value is -2.73. The highest BCUT2D eigenvalue weighted by atomic mass is 35.5. The van der Waals surface area contributed by atoms with E-state index in [1.165, 1.54) is 19.4 Å². The van der Waals surface area contributed by atoms with Crippen LogP contribution in [0.1, 0.15) is 5.56 Å². The number of hydrogen-bond acceptors (Lipinski definition) is 5. The van der Waals surface area contributed by atoms with Crippen LogP contribution in [0, 0.1) is 0 Å². The highest BCUT2D eigenvalue weighted by molar-refractivity contribution is 6.30. The zero-order valence-electron chi connectivity index (χ0n) is 12.4. The van der Waals surface area contributed by atoms with Gasteiger partial charge < -0.3 is 15.2 Å². The van der Waals surface area contributed by atoms with Crippen molar-refractivity contribution in [3.63, 3.8) is 0 Å². The molecule has 7 heteroatoms. The highest BCUT2D eigenvalue weighted by Crippen LogP contribution is 2.20. The van der Waals surface area contributed by atoms with E-state index in [9.17, 15) is 9.90 Å². The zero-order valence-corrected chi connectivity index (χ0v) is 13.2. The van der Waals surface area contributed by atoms with Crippen LogP contribution in [0.25, 0.3) is 0 Å². The second-order valence-corrected chi connectivity index (χ2v) is 5.02. The topological polar surface area (TPSA) is 83.0 Å². The Bertz CT molecular complexity index is 719. The number of benzene rings is 2. The molecule has 0 fully saturated rings. The summed E-state index contributed by atoms with van der Waals surface area (Å²) < 4.78 is 5.05. The molecule has 0 aliphatic heterocycles. The van der Waals surface area contributed by atoms with Crippen LogP contribution in [-0.2, 0) is 4.79 Å². The molecule has 0 heterocycles. The fourth-order valence-corrected chi connectivity index (χ4v) is 1.95. The molecule has 6 nitrogen and oxygen atoms in total. The monoisotopic (exact) mass is 333 g/mol. The maximum absolute atomic E-state index is 11.7. The predicted molar refractivity (Wildman–Crippen MR) is 90.3 cm³/mol. The summed E-state index contributed by atoms with van der Waals surface area (Å²) >= 11 is 5.85. The van der Waals surface area contributed by atoms with Gasteiger partial charge in [0, 0.05) is 16.3 Å². The Labute approximate surface area is 138 Å². The molecule has 0 radical (unpaired) electrons. The minimum absolute atomic E-state index is 0.0425. The third-order valence-corrected chi connectivity index (χ3v) is 3.14. The van der Waals surface area contributed by atoms with E-state index in [1.54, 1.807) is 36.4 Å². The molecule has 0 atom stereocenters. The average Bonchev–Trinajstić information content (AvgIpc) is 2.55. The van der Waals surface area contributed by atoms with Crippen LogP contribution in [0.2, 0.25) is 5.02 Å². The zero-order chi connectivity index (χ0) is 16.7. The Morgan fingerprint density at radius 3 is 2.91 bits per heavy atom. The fraction of sp³-hybridized carbons (Fsp3) is 0.125. The van der Waals surface area contributed by atoms with Crippen LogP contribution in [0.4, 0.5) is 5.69 Å². The van der Waals surface area contributed by atoms with Gasteiger partial charge in [0.05, 0.1) is 19.9 Å². The first-order valence-electron chi connectivity index (χ1n) is 6.77. The number of halogens is 1. The van der Waals surface area contributed by atoms with Gasteiger partial charge >= 0.3 is 0 Å². The van der Waals surface area contributed by atoms with Crippen molar-refractivity contribution in [1.29, 1.82) is 0 Å². The van der Waals surface area contributed by atoms with Gasteiger partial charge in [0.25, 0.3) is 5.91 Å². The molecule has 0 unspecified atom stereocenters. The quantitative estimate of drug-likeness (QED) is 0.560. The molecule has 3 N–H and O–H groups in total. The van der Waals surface area contributed by atoms with E-state index in [0.29, 0.717) is 16.3 Å². The lowest BCUT2D eigenvalue weighted by molar-refractivity contribution is -0.119. The molecule has 0 bridgehead atoms. The van der Waals surface area contributed by atoms with E-state index < -0.39 is 0 Å². The number of carbonyl (C=O) groups excluding carboxylic acids is 1. The summed E-state index contributed by atoms with van der Waals surface area (Å²) in [6.07, 6.45) is 1.34. The number of amides is 1. The summed E-state index contributed by atoms with van der Waals surface area (Å²) in [6, 6.07) is 11.8. The van der Waals surface area contributed by atoms with Gasteiger partial charge in [0.2, 0.25) is 0 Å². The molecule has 2 rings (SSSR count). The number of hydrogen-bond donors (Lipinski definition) is 3. The van der Waals surface area contributed by atoms with Crippen molar-refractivity contribution in [1.82, 2.24) is 5.43 Å². The maximum Gasteiger partial charge on any atom is 0.259 e. The molecule has 0 saturated carbocycles. The molecule has 2 aromatic carbocycles. The van der Waals surface area contributed by atoms with Crippen LogP contribution < -0.4 is 15.5 Å². The van der Waals surface area contributed by atoms with Crippen molar-refractivity contribution in [2.45, 2.75) is 0 Å². The van der Waals surface area contributed by atoms with Gasteiger partial charge in [0.1, 0.15) is 11.5 Å². The summed E-state index contributed by atoms with van der Waals surface area (Å²) in [4.78, 5) is 11.7. The van der Waals surface area contributed by atoms with Crippen LogP contribution in [0.5, 0.6) is 11.5 Å². The summed E-state index contributed by atoms with van der Waals surface area (Å²) in [5.74, 6) is 0.294. The van der Waals surface area contributed by atoms with Gasteiger partial charge in [0.15, 0.2) is 0 Å². The number of phenols is 1. The first-order valence-corrected chi connectivity index (χ1v) is 7.14. The van der Waals surface area contributed by atoms with Gasteiger partial charge in [-0.05, 0) is 36.4 Å². The molecule has 0 aromatic heterocycles. The number of nitrogens with zero attached hydrogens (tertiary/aromatic N) is 1. The molecule has 120 valence electrons. The first-order chi connectivity index (χ1) is 11.1. The van der Waals surface area contributed by atoms with E-state index in [1.807, 2.05) is 0 Å². The standard InChI is InChI=1S/C16H16ClN3O3/c1-23-14-5-6-15(21)11(7-14)9-19-20-16(22)10-18-13-4-2-3-12(17)8-13/h2-9,18,21H,10H2,1H3,(H,20,22)/b19-9+. The van der Waals surface area contributed by atoms with E-state index in [4.69, 9.17) is 16.3 Å². The van der Waals surface area contributed by atoms with Crippen LogP contribution in [0.15, 0.2) is 47.6 Å². The number of phenolic OH excluding ortho intramolecular Hbond substituents is 1. The third kappa shape index (κ3) is 5.19. The molecule has 0 aliphatic carbocycles. The average molecular weight is 334 g/mol. The van der Waals surface area contributed by atoms with Gasteiger partial charge in [-0.2, -0.15) is 5.10 Å².